The van der Waals surface area contributed by atoms with Gasteiger partial charge in [-0.05, 0) is 101 Å². The molecule has 0 spiro atoms. The maximum atomic E-state index is 11.2. The van der Waals surface area contributed by atoms with Crippen LogP contribution in [0.2, 0.25) is 0 Å². The Hall–Kier alpha value is 1.10. The number of unbranched alkanes of at least 4 members (excludes halogenated alkanes) is 1. The Balaban J connectivity index is -0.000000189. The quantitative estimate of drug-likeness (QED) is 0.0177. The predicted molar refractivity (Wildman–Crippen MR) is 405 cm³/mol. The third-order valence-corrected chi connectivity index (χ3v) is 15.7. The molecule has 1 heterocycles. The standard InChI is InChI=1S/C26H46O8S3.C17H36O4S4.C17H28O4.C4H8O.2Al.B.Li.HN.4H/c1-22(27)10-5-6-11-31-18-26(19-32-12-7-15-35-23(2)28,20-33-13-8-16-36-24(3)29)21-34-14-9-17-37-25(4)30;22-9-1-5-18-13-17(14-19-6-2-10-23,15-20-7-3-11-24)16-21-8-4-12-25;1-5-9-18-13-17(14-19-10-6-2,15-20-11-7-3)16-21-12-8-4;1-2-4-5-3-1;;;;;;;;;/h5-21H2,1-4H3;22-25H,1-16H2;5-8H,1-4,9-16H2;1-4H2;;;;;1H;;;;/q;;;;;;;+1;;;;;-1. The summed E-state index contributed by atoms with van der Waals surface area (Å²) in [5.74, 6) is 5.60. The fraction of sp³-hybridized carbons (Fsp3) is 0.812. The molecule has 1 aliphatic rings. The van der Waals surface area contributed by atoms with E-state index in [1.807, 2.05) is 0 Å². The molecule has 0 aliphatic carbocycles. The van der Waals surface area contributed by atoms with E-state index in [4.69, 9.17) is 65.9 Å². The molecule has 0 aromatic heterocycles. The summed E-state index contributed by atoms with van der Waals surface area (Å²) in [6.45, 7) is 35.3. The predicted octanol–water partition coefficient (Wildman–Crippen LogP) is 7.18. The minimum atomic E-state index is -0.518. The van der Waals surface area contributed by atoms with Gasteiger partial charge >= 0.3 is 39.3 Å². The van der Waals surface area contributed by atoms with Gasteiger partial charge in [0, 0.05) is 119 Å². The Labute approximate surface area is 632 Å². The molecule has 1 N–H and O–H groups in total. The second-order valence-corrected chi connectivity index (χ2v) is 26.6. The second-order valence-electron chi connectivity index (χ2n) is 21.0. The molecule has 0 aromatic carbocycles. The molecule has 1 fully saturated rings. The number of Topliss-reactive ketones (excluding diaryl/α,β-unsaturated/α-hetero) is 1. The fourth-order valence-electron chi connectivity index (χ4n) is 7.38. The van der Waals surface area contributed by atoms with Gasteiger partial charge in [-0.25, -0.2) is 0 Å². The minimum absolute atomic E-state index is 0. The molecule has 538 valence electrons. The number of hydrogen-bond acceptors (Lipinski definition) is 25. The van der Waals surface area contributed by atoms with Gasteiger partial charge in [-0.3, -0.25) is 14.4 Å². The van der Waals surface area contributed by atoms with Crippen LogP contribution in [0.1, 0.15) is 106 Å². The molecule has 0 amide bonds. The van der Waals surface area contributed by atoms with Gasteiger partial charge in [0.05, 0.1) is 122 Å². The molecule has 1 aliphatic heterocycles. The van der Waals surface area contributed by atoms with Gasteiger partial charge in [0.2, 0.25) is 0 Å². The Bertz CT molecular complexity index is 1470. The van der Waals surface area contributed by atoms with Gasteiger partial charge in [0.15, 0.2) is 32.7 Å². The maximum absolute atomic E-state index is 11.2. The fourth-order valence-corrected chi connectivity index (χ4v) is 9.55. The van der Waals surface area contributed by atoms with E-state index in [0.717, 1.165) is 94.0 Å². The van der Waals surface area contributed by atoms with Crippen LogP contribution in [-0.4, -0.2) is 275 Å². The van der Waals surface area contributed by atoms with E-state index in [-0.39, 0.29) is 78.0 Å². The van der Waals surface area contributed by atoms with E-state index in [2.05, 4.69) is 76.8 Å². The Morgan fingerprint density at radius 3 is 0.817 bits per heavy atom. The van der Waals surface area contributed by atoms with Gasteiger partial charge in [-0.2, -0.15) is 50.5 Å². The molecule has 4 radical (unpaired) electrons. The van der Waals surface area contributed by atoms with Crippen LogP contribution in [0.5, 0.6) is 0 Å². The van der Waals surface area contributed by atoms with Crippen LogP contribution >= 0.6 is 85.8 Å². The Kier molecular flexibility index (Phi) is 98.8. The topological polar surface area (TPSA) is 212 Å². The summed E-state index contributed by atoms with van der Waals surface area (Å²) in [6.07, 6.45) is 17.6. The van der Waals surface area contributed by atoms with Crippen molar-refractivity contribution < 1.29 is 101 Å². The number of nitrogens with one attached hydrogen (secondary N) is 1. The second kappa shape index (κ2) is 85.5. The molecule has 0 unspecified atom stereocenters. The van der Waals surface area contributed by atoms with Crippen LogP contribution in [0, 0.1) is 20.6 Å². The van der Waals surface area contributed by atoms with Crippen LogP contribution in [0.3, 0.4) is 0 Å². The summed E-state index contributed by atoms with van der Waals surface area (Å²) in [5, 5.41) is 0.292. The van der Waals surface area contributed by atoms with Gasteiger partial charge in [0.25, 0.3) is 0 Å². The van der Waals surface area contributed by atoms with Crippen LogP contribution in [0.15, 0.2) is 50.6 Å². The van der Waals surface area contributed by atoms with E-state index in [9.17, 15) is 19.2 Å². The molecule has 93 heavy (non-hydrogen) atoms. The molecule has 1 saturated heterocycles. The van der Waals surface area contributed by atoms with Crippen LogP contribution < -0.4 is 18.9 Å². The SMILES string of the molecule is C1CCOC1.C=CCOCC(COCC=C)(COCC=C)COCC=C.CC(=O)CCCCOCC(COCCCSC(C)=O)(COCCCSC(C)=O)COCCCSC(C)=O.SCCCOCC(COCCCS)(COCCCS)COCCCS.[AlH3].[B].[H-].[Li+].[NH]=[Al]. The summed E-state index contributed by atoms with van der Waals surface area (Å²) in [6, 6.07) is 0. The van der Waals surface area contributed by atoms with Crippen molar-refractivity contribution in [2.45, 2.75) is 105 Å². The first-order chi connectivity index (χ1) is 43.7. The van der Waals surface area contributed by atoms with Crippen molar-refractivity contribution in [1.29, 1.82) is 4.35 Å². The third-order valence-electron chi connectivity index (χ3n) is 11.7. The summed E-state index contributed by atoms with van der Waals surface area (Å²) < 4.78 is 80.6. The first-order valence-electron chi connectivity index (χ1n) is 31.2. The number of ether oxygens (including phenoxy) is 13. The number of ketones is 1. The van der Waals surface area contributed by atoms with Crippen LogP contribution in [0.4, 0.5) is 0 Å². The van der Waals surface area contributed by atoms with E-state index in [1.54, 1.807) is 68.1 Å². The van der Waals surface area contributed by atoms with Crippen molar-refractivity contribution in [3.8, 4) is 0 Å². The number of carbonyl (C=O) groups is 4. The number of hydrogen-bond donors (Lipinski definition) is 5. The van der Waals surface area contributed by atoms with Gasteiger partial charge in [0.1, 0.15) is 5.78 Å². The number of carbonyl (C=O) groups excluding carboxylic acids is 4. The third kappa shape index (κ3) is 80.3. The summed E-state index contributed by atoms with van der Waals surface area (Å²) in [4.78, 5) is 44.6. The van der Waals surface area contributed by atoms with Gasteiger partial charge < -0.3 is 67.8 Å². The first-order valence-corrected chi connectivity index (χ1v) is 37.3. The van der Waals surface area contributed by atoms with Gasteiger partial charge in [-0.15, -0.1) is 26.3 Å². The van der Waals surface area contributed by atoms with Crippen molar-refractivity contribution in [3.05, 3.63) is 50.6 Å². The van der Waals surface area contributed by atoms with E-state index < -0.39 is 5.41 Å². The van der Waals surface area contributed by atoms with E-state index >= 15 is 0 Å². The van der Waals surface area contributed by atoms with Crippen molar-refractivity contribution in [1.82, 2.24) is 0 Å². The zero-order valence-corrected chi connectivity index (χ0v) is 64.2. The molecular formula is C64H123Al2BLiNO17S7. The number of thiol groups is 4. The molecule has 18 nitrogen and oxygen atoms in total. The van der Waals surface area contributed by atoms with Crippen molar-refractivity contribution in [2.75, 3.05) is 212 Å². The summed E-state index contributed by atoms with van der Waals surface area (Å²) in [7, 11) is 0. The van der Waals surface area contributed by atoms with Crippen molar-refractivity contribution >= 4 is 149 Å². The zero-order valence-electron chi connectivity index (χ0n) is 58.1. The molecule has 0 bridgehead atoms. The summed E-state index contributed by atoms with van der Waals surface area (Å²) in [5.41, 5.74) is -1.19. The molecule has 0 atom stereocenters. The Morgan fingerprint density at radius 2 is 0.634 bits per heavy atom. The van der Waals surface area contributed by atoms with Crippen molar-refractivity contribution in [3.63, 3.8) is 0 Å². The Morgan fingerprint density at radius 1 is 0.419 bits per heavy atom. The molecular weight excluding hydrogens is 1350 g/mol. The summed E-state index contributed by atoms with van der Waals surface area (Å²) >= 11 is 22.5. The van der Waals surface area contributed by atoms with Gasteiger partial charge in [-0.1, -0.05) is 59.6 Å². The van der Waals surface area contributed by atoms with Crippen LogP contribution in [0.25, 0.3) is 0 Å². The zero-order chi connectivity index (χ0) is 67.8. The van der Waals surface area contributed by atoms with Crippen LogP contribution in [-0.2, 0) is 80.8 Å². The van der Waals surface area contributed by atoms with E-state index in [1.165, 1.54) is 48.1 Å². The molecule has 0 aromatic rings. The van der Waals surface area contributed by atoms with Crippen molar-refractivity contribution in [2.24, 2.45) is 16.2 Å². The monoisotopic (exact) mass is 1470 g/mol. The molecule has 1 rings (SSSR count). The molecule has 29 heteroatoms. The van der Waals surface area contributed by atoms with E-state index in [0.29, 0.717) is 182 Å². The molecule has 0 saturated carbocycles. The number of thioether (sulfide) groups is 3. The average Bonchev–Trinajstić information content (AvgIpc) is 1.54. The number of rotatable bonds is 61. The average molecular weight is 1470 g/mol. The first kappa shape index (κ1) is 108. The normalized spacial score (nSPS) is 11.6.